The number of benzene rings is 1. The van der Waals surface area contributed by atoms with Gasteiger partial charge in [0, 0.05) is 0 Å². The molecule has 0 aliphatic carbocycles. The predicted octanol–water partition coefficient (Wildman–Crippen LogP) is 2.11. The van der Waals surface area contributed by atoms with Gasteiger partial charge in [0.15, 0.2) is 17.3 Å². The molecule has 0 radical (unpaired) electrons. The number of carbonyl (C=O) groups is 1. The van der Waals surface area contributed by atoms with E-state index in [1.165, 1.54) is 30.6 Å². The first-order valence-electron chi connectivity index (χ1n) is 4.64. The Kier molecular flexibility index (Phi) is 2.95. The predicted molar refractivity (Wildman–Crippen MR) is 55.5 cm³/mol. The SMILES string of the molecule is O=C(O)c1ncc(Oc2ccccc2F)cn1. The molecular formula is C11H7FN2O3. The fourth-order valence-electron chi connectivity index (χ4n) is 1.13. The van der Waals surface area contributed by atoms with E-state index < -0.39 is 11.8 Å². The summed E-state index contributed by atoms with van der Waals surface area (Å²) in [6.45, 7) is 0. The number of rotatable bonds is 3. The molecule has 1 aromatic heterocycles. The van der Waals surface area contributed by atoms with Crippen LogP contribution < -0.4 is 4.74 Å². The molecule has 17 heavy (non-hydrogen) atoms. The molecule has 0 aliphatic heterocycles. The zero-order valence-corrected chi connectivity index (χ0v) is 8.50. The molecule has 0 bridgehead atoms. The topological polar surface area (TPSA) is 72.3 Å². The lowest BCUT2D eigenvalue weighted by atomic mass is 10.3. The molecular weight excluding hydrogens is 227 g/mol. The molecule has 5 nitrogen and oxygen atoms in total. The standard InChI is InChI=1S/C11H7FN2O3/c12-8-3-1-2-4-9(8)17-7-5-13-10(11(15)16)14-6-7/h1-6H,(H,15,16). The third-order valence-corrected chi connectivity index (χ3v) is 1.88. The quantitative estimate of drug-likeness (QED) is 0.880. The van der Waals surface area contributed by atoms with Crippen molar-refractivity contribution in [3.63, 3.8) is 0 Å². The van der Waals surface area contributed by atoms with Crippen LogP contribution in [0.2, 0.25) is 0 Å². The molecule has 1 N–H and O–H groups in total. The number of aromatic nitrogens is 2. The third kappa shape index (κ3) is 2.54. The van der Waals surface area contributed by atoms with Gasteiger partial charge in [-0.25, -0.2) is 19.2 Å². The number of nitrogens with zero attached hydrogens (tertiary/aromatic N) is 2. The lowest BCUT2D eigenvalue weighted by molar-refractivity contribution is 0.0683. The zero-order chi connectivity index (χ0) is 12.3. The lowest BCUT2D eigenvalue weighted by Crippen LogP contribution is -2.03. The second-order valence-corrected chi connectivity index (χ2v) is 3.08. The molecule has 2 rings (SSSR count). The fourth-order valence-corrected chi connectivity index (χ4v) is 1.13. The number of halogens is 1. The molecule has 0 amide bonds. The second kappa shape index (κ2) is 4.56. The van der Waals surface area contributed by atoms with Crippen molar-refractivity contribution in [1.82, 2.24) is 9.97 Å². The molecule has 0 unspecified atom stereocenters. The summed E-state index contributed by atoms with van der Waals surface area (Å²) < 4.78 is 18.4. The Bertz CT molecular complexity index is 543. The normalized spacial score (nSPS) is 9.94. The molecule has 0 saturated heterocycles. The number of carboxylic acid groups (broad SMARTS) is 1. The number of hydrogen-bond acceptors (Lipinski definition) is 4. The first-order chi connectivity index (χ1) is 8.16. The van der Waals surface area contributed by atoms with Gasteiger partial charge in [-0.3, -0.25) is 0 Å². The van der Waals surface area contributed by atoms with Crippen molar-refractivity contribution in [3.05, 3.63) is 48.3 Å². The van der Waals surface area contributed by atoms with Crippen LogP contribution in [0, 0.1) is 5.82 Å². The Labute approximate surface area is 95.5 Å². The Morgan fingerprint density at radius 3 is 2.47 bits per heavy atom. The highest BCUT2D eigenvalue weighted by molar-refractivity contribution is 5.82. The van der Waals surface area contributed by atoms with E-state index in [0.717, 1.165) is 0 Å². The van der Waals surface area contributed by atoms with Crippen molar-refractivity contribution in [1.29, 1.82) is 0 Å². The molecule has 0 atom stereocenters. The van der Waals surface area contributed by atoms with E-state index in [0.29, 0.717) is 0 Å². The molecule has 86 valence electrons. The number of hydrogen-bond donors (Lipinski definition) is 1. The van der Waals surface area contributed by atoms with Gasteiger partial charge in [-0.15, -0.1) is 0 Å². The first kappa shape index (κ1) is 11.0. The lowest BCUT2D eigenvalue weighted by Gasteiger charge is -2.05. The van der Waals surface area contributed by atoms with Gasteiger partial charge in [-0.2, -0.15) is 0 Å². The summed E-state index contributed by atoms with van der Waals surface area (Å²) in [4.78, 5) is 17.6. The Balaban J connectivity index is 2.20. The average Bonchev–Trinajstić information content (AvgIpc) is 2.33. The highest BCUT2D eigenvalue weighted by atomic mass is 19.1. The largest absolute Gasteiger partial charge is 0.475 e. The van der Waals surface area contributed by atoms with Crippen LogP contribution in [0.25, 0.3) is 0 Å². The van der Waals surface area contributed by atoms with Gasteiger partial charge in [-0.05, 0) is 12.1 Å². The van der Waals surface area contributed by atoms with E-state index in [2.05, 4.69) is 9.97 Å². The van der Waals surface area contributed by atoms with Gasteiger partial charge in [0.25, 0.3) is 0 Å². The first-order valence-corrected chi connectivity index (χ1v) is 4.64. The molecule has 1 aromatic carbocycles. The van der Waals surface area contributed by atoms with Crippen molar-refractivity contribution < 1.29 is 19.0 Å². The summed E-state index contributed by atoms with van der Waals surface area (Å²) in [5, 5.41) is 8.58. The van der Waals surface area contributed by atoms with Gasteiger partial charge in [0.2, 0.25) is 5.82 Å². The summed E-state index contributed by atoms with van der Waals surface area (Å²) in [6.07, 6.45) is 2.34. The second-order valence-electron chi connectivity index (χ2n) is 3.08. The van der Waals surface area contributed by atoms with Crippen molar-refractivity contribution in [2.24, 2.45) is 0 Å². The van der Waals surface area contributed by atoms with Gasteiger partial charge in [-0.1, -0.05) is 12.1 Å². The van der Waals surface area contributed by atoms with Crippen LogP contribution in [0.3, 0.4) is 0 Å². The van der Waals surface area contributed by atoms with Crippen molar-refractivity contribution in [3.8, 4) is 11.5 Å². The van der Waals surface area contributed by atoms with E-state index in [9.17, 15) is 9.18 Å². The van der Waals surface area contributed by atoms with Crippen LogP contribution in [-0.4, -0.2) is 21.0 Å². The van der Waals surface area contributed by atoms with Crippen LogP contribution >= 0.6 is 0 Å². The van der Waals surface area contributed by atoms with Crippen LogP contribution in [0.15, 0.2) is 36.7 Å². The van der Waals surface area contributed by atoms with E-state index in [-0.39, 0.29) is 17.3 Å². The molecule has 2 aromatic rings. The third-order valence-electron chi connectivity index (χ3n) is 1.88. The molecule has 0 aliphatic rings. The van der Waals surface area contributed by atoms with E-state index in [1.54, 1.807) is 6.07 Å². The maximum atomic E-state index is 13.2. The Morgan fingerprint density at radius 2 is 1.88 bits per heavy atom. The van der Waals surface area contributed by atoms with E-state index in [4.69, 9.17) is 9.84 Å². The van der Waals surface area contributed by atoms with E-state index in [1.807, 2.05) is 0 Å². The summed E-state index contributed by atoms with van der Waals surface area (Å²) in [5.41, 5.74) is 0. The number of para-hydroxylation sites is 1. The van der Waals surface area contributed by atoms with Crippen LogP contribution in [0.1, 0.15) is 10.6 Å². The fraction of sp³-hybridized carbons (Fsp3) is 0. The van der Waals surface area contributed by atoms with Crippen LogP contribution in [0.5, 0.6) is 11.5 Å². The van der Waals surface area contributed by atoms with E-state index >= 15 is 0 Å². The van der Waals surface area contributed by atoms with Gasteiger partial charge < -0.3 is 9.84 Å². The van der Waals surface area contributed by atoms with Crippen molar-refractivity contribution >= 4 is 5.97 Å². The molecule has 0 saturated carbocycles. The van der Waals surface area contributed by atoms with Gasteiger partial charge in [0.1, 0.15) is 0 Å². The van der Waals surface area contributed by atoms with Gasteiger partial charge >= 0.3 is 5.97 Å². The summed E-state index contributed by atoms with van der Waals surface area (Å²) in [6, 6.07) is 5.85. The highest BCUT2D eigenvalue weighted by Crippen LogP contribution is 2.22. The Morgan fingerprint density at radius 1 is 1.24 bits per heavy atom. The Hall–Kier alpha value is -2.50. The minimum absolute atomic E-state index is 0.0270. The highest BCUT2D eigenvalue weighted by Gasteiger charge is 2.08. The zero-order valence-electron chi connectivity index (χ0n) is 8.50. The van der Waals surface area contributed by atoms with Crippen LogP contribution in [-0.2, 0) is 0 Å². The van der Waals surface area contributed by atoms with Crippen LogP contribution in [0.4, 0.5) is 4.39 Å². The number of carboxylic acids is 1. The minimum atomic E-state index is -1.23. The summed E-state index contributed by atoms with van der Waals surface area (Å²) in [5.74, 6) is -1.90. The molecule has 0 fully saturated rings. The number of ether oxygens (including phenoxy) is 1. The smallest absolute Gasteiger partial charge is 0.373 e. The molecule has 6 heteroatoms. The van der Waals surface area contributed by atoms with Crippen molar-refractivity contribution in [2.45, 2.75) is 0 Å². The maximum Gasteiger partial charge on any atom is 0.373 e. The molecule has 1 heterocycles. The summed E-state index contributed by atoms with van der Waals surface area (Å²) in [7, 11) is 0. The summed E-state index contributed by atoms with van der Waals surface area (Å²) >= 11 is 0. The van der Waals surface area contributed by atoms with Gasteiger partial charge in [0.05, 0.1) is 12.4 Å². The minimum Gasteiger partial charge on any atom is -0.475 e. The van der Waals surface area contributed by atoms with Crippen molar-refractivity contribution in [2.75, 3.05) is 0 Å². The average molecular weight is 234 g/mol. The number of aromatic carboxylic acids is 1. The monoisotopic (exact) mass is 234 g/mol. The molecule has 0 spiro atoms. The maximum absolute atomic E-state index is 13.2.